The molecule has 2 N–H and O–H groups in total. The first-order chi connectivity index (χ1) is 9.01. The topological polar surface area (TPSA) is 69.6 Å². The SMILES string of the molecule is CNC(CC(=O)O)C(=O)CN(C)CCCCCCF. The number of ketones is 1. The number of aliphatic carboxylic acids is 1. The van der Waals surface area contributed by atoms with E-state index in [1.165, 1.54) is 0 Å². The molecule has 0 aliphatic rings. The van der Waals surface area contributed by atoms with E-state index in [0.717, 1.165) is 25.8 Å². The lowest BCUT2D eigenvalue weighted by molar-refractivity contribution is -0.139. The fraction of sp³-hybridized carbons (Fsp3) is 0.846. The molecule has 0 fully saturated rings. The van der Waals surface area contributed by atoms with Crippen LogP contribution in [0, 0.1) is 0 Å². The molecule has 0 rings (SSSR count). The minimum atomic E-state index is -0.985. The third kappa shape index (κ3) is 9.55. The van der Waals surface area contributed by atoms with Crippen LogP contribution in [-0.4, -0.2) is 61.7 Å². The molecule has 5 nitrogen and oxygen atoms in total. The quantitative estimate of drug-likeness (QED) is 0.522. The van der Waals surface area contributed by atoms with Crippen LogP contribution in [0.15, 0.2) is 0 Å². The van der Waals surface area contributed by atoms with Crippen LogP contribution in [0.4, 0.5) is 4.39 Å². The minimum Gasteiger partial charge on any atom is -0.481 e. The molecule has 1 unspecified atom stereocenters. The predicted octanol–water partition coefficient (Wildman–Crippen LogP) is 1.08. The first-order valence-electron chi connectivity index (χ1n) is 6.67. The molecule has 0 aromatic heterocycles. The highest BCUT2D eigenvalue weighted by atomic mass is 19.1. The van der Waals surface area contributed by atoms with Gasteiger partial charge in [-0.1, -0.05) is 12.8 Å². The second-order valence-corrected chi connectivity index (χ2v) is 4.75. The molecule has 0 aromatic rings. The van der Waals surface area contributed by atoms with Gasteiger partial charge in [-0.05, 0) is 33.5 Å². The lowest BCUT2D eigenvalue weighted by Crippen LogP contribution is -2.42. The Kier molecular flexibility index (Phi) is 10.3. The molecule has 0 aliphatic heterocycles. The molecule has 0 heterocycles. The first-order valence-corrected chi connectivity index (χ1v) is 6.67. The summed E-state index contributed by atoms with van der Waals surface area (Å²) in [5.74, 6) is -1.10. The van der Waals surface area contributed by atoms with Gasteiger partial charge in [0.15, 0.2) is 5.78 Å². The number of carboxylic acid groups (broad SMARTS) is 1. The Labute approximate surface area is 114 Å². The highest BCUT2D eigenvalue weighted by molar-refractivity contribution is 5.89. The Bertz CT molecular complexity index is 275. The third-order valence-corrected chi connectivity index (χ3v) is 2.97. The minimum absolute atomic E-state index is 0.115. The number of nitrogens with zero attached hydrogens (tertiary/aromatic N) is 1. The van der Waals surface area contributed by atoms with Gasteiger partial charge in [-0.15, -0.1) is 0 Å². The van der Waals surface area contributed by atoms with E-state index in [4.69, 9.17) is 5.11 Å². The first kappa shape index (κ1) is 18.0. The van der Waals surface area contributed by atoms with Crippen LogP contribution in [0.5, 0.6) is 0 Å². The summed E-state index contributed by atoms with van der Waals surface area (Å²) in [6.07, 6.45) is 3.15. The van der Waals surface area contributed by atoms with Gasteiger partial charge in [-0.2, -0.15) is 0 Å². The van der Waals surface area contributed by atoms with Gasteiger partial charge in [0.2, 0.25) is 0 Å². The number of halogens is 1. The fourth-order valence-electron chi connectivity index (χ4n) is 1.84. The average molecular weight is 276 g/mol. The van der Waals surface area contributed by atoms with Gasteiger partial charge >= 0.3 is 5.97 Å². The van der Waals surface area contributed by atoms with E-state index in [1.54, 1.807) is 7.05 Å². The third-order valence-electron chi connectivity index (χ3n) is 2.97. The number of likely N-dealkylation sites (N-methyl/N-ethyl adjacent to an activating group) is 2. The maximum atomic E-state index is 11.9. The van der Waals surface area contributed by atoms with Gasteiger partial charge in [-0.3, -0.25) is 18.9 Å². The Balaban J connectivity index is 3.86. The summed E-state index contributed by atoms with van der Waals surface area (Å²) in [6.45, 7) is 0.733. The van der Waals surface area contributed by atoms with Crippen molar-refractivity contribution < 1.29 is 19.1 Å². The molecule has 0 saturated carbocycles. The van der Waals surface area contributed by atoms with Crippen LogP contribution in [0.25, 0.3) is 0 Å². The predicted molar refractivity (Wildman–Crippen MR) is 72.0 cm³/mol. The number of alkyl halides is 1. The van der Waals surface area contributed by atoms with Crippen molar-refractivity contribution in [1.29, 1.82) is 0 Å². The van der Waals surface area contributed by atoms with Crippen molar-refractivity contribution in [1.82, 2.24) is 10.2 Å². The summed E-state index contributed by atoms with van der Waals surface area (Å²) < 4.78 is 11.9. The molecule has 0 radical (unpaired) electrons. The molecule has 0 bridgehead atoms. The Hall–Kier alpha value is -1.01. The maximum absolute atomic E-state index is 11.9. The van der Waals surface area contributed by atoms with E-state index < -0.39 is 12.0 Å². The van der Waals surface area contributed by atoms with Crippen molar-refractivity contribution in [2.45, 2.75) is 38.1 Å². The van der Waals surface area contributed by atoms with Crippen molar-refractivity contribution in [2.24, 2.45) is 0 Å². The molecule has 0 saturated heterocycles. The summed E-state index contributed by atoms with van der Waals surface area (Å²) in [5, 5.41) is 11.4. The van der Waals surface area contributed by atoms with Crippen LogP contribution in [0.2, 0.25) is 0 Å². The number of Topliss-reactive ketones (excluding diaryl/α,β-unsaturated/α-hetero) is 1. The summed E-state index contributed by atoms with van der Waals surface area (Å²) in [7, 11) is 3.42. The fourth-order valence-corrected chi connectivity index (χ4v) is 1.84. The van der Waals surface area contributed by atoms with Crippen molar-refractivity contribution >= 4 is 11.8 Å². The van der Waals surface area contributed by atoms with Gasteiger partial charge in [0, 0.05) is 0 Å². The number of hydrogen-bond donors (Lipinski definition) is 2. The van der Waals surface area contributed by atoms with Crippen LogP contribution in [0.1, 0.15) is 32.1 Å². The Morgan fingerprint density at radius 1 is 1.26 bits per heavy atom. The van der Waals surface area contributed by atoms with Gasteiger partial charge in [0.05, 0.1) is 25.7 Å². The number of unbranched alkanes of at least 4 members (excludes halogenated alkanes) is 3. The smallest absolute Gasteiger partial charge is 0.305 e. The normalized spacial score (nSPS) is 12.6. The lowest BCUT2D eigenvalue weighted by atomic mass is 10.1. The van der Waals surface area contributed by atoms with Crippen molar-refractivity contribution in [3.63, 3.8) is 0 Å². The van der Waals surface area contributed by atoms with Crippen LogP contribution in [0.3, 0.4) is 0 Å². The zero-order valence-electron chi connectivity index (χ0n) is 11.8. The molecule has 0 spiro atoms. The highest BCUT2D eigenvalue weighted by Crippen LogP contribution is 2.02. The second-order valence-electron chi connectivity index (χ2n) is 4.75. The number of carboxylic acids is 1. The number of rotatable bonds is 12. The van der Waals surface area contributed by atoms with Gasteiger partial charge < -0.3 is 10.4 Å². The summed E-state index contributed by atoms with van der Waals surface area (Å²) >= 11 is 0. The number of carbonyl (C=O) groups excluding carboxylic acids is 1. The van der Waals surface area contributed by atoms with Gasteiger partial charge in [-0.25, -0.2) is 0 Å². The van der Waals surface area contributed by atoms with E-state index in [2.05, 4.69) is 5.32 Å². The molecule has 1 atom stereocenters. The van der Waals surface area contributed by atoms with E-state index >= 15 is 0 Å². The monoisotopic (exact) mass is 276 g/mol. The average Bonchev–Trinajstić information content (AvgIpc) is 2.35. The van der Waals surface area contributed by atoms with E-state index in [1.807, 2.05) is 11.9 Å². The van der Waals surface area contributed by atoms with Crippen LogP contribution < -0.4 is 5.32 Å². The summed E-state index contributed by atoms with van der Waals surface area (Å²) in [5.41, 5.74) is 0. The van der Waals surface area contributed by atoms with Crippen LogP contribution >= 0.6 is 0 Å². The highest BCUT2D eigenvalue weighted by Gasteiger charge is 2.20. The Morgan fingerprint density at radius 3 is 2.42 bits per heavy atom. The number of hydrogen-bond acceptors (Lipinski definition) is 4. The van der Waals surface area contributed by atoms with Crippen molar-refractivity contribution in [3.8, 4) is 0 Å². The second kappa shape index (κ2) is 10.9. The van der Waals surface area contributed by atoms with E-state index in [0.29, 0.717) is 6.42 Å². The molecule has 19 heavy (non-hydrogen) atoms. The molecule has 0 amide bonds. The molecule has 0 aliphatic carbocycles. The van der Waals surface area contributed by atoms with Gasteiger partial charge in [0.25, 0.3) is 0 Å². The standard InChI is InChI=1S/C13H25FN2O3/c1-15-11(9-13(18)19)12(17)10-16(2)8-6-4-3-5-7-14/h11,15H,3-10H2,1-2H3,(H,18,19). The molecule has 0 aromatic carbocycles. The molecule has 112 valence electrons. The maximum Gasteiger partial charge on any atom is 0.305 e. The lowest BCUT2D eigenvalue weighted by Gasteiger charge is -2.19. The molecule has 6 heteroatoms. The summed E-state index contributed by atoms with van der Waals surface area (Å²) in [6, 6.07) is -0.633. The van der Waals surface area contributed by atoms with E-state index in [9.17, 15) is 14.0 Å². The Morgan fingerprint density at radius 2 is 1.89 bits per heavy atom. The zero-order chi connectivity index (χ0) is 14.7. The largest absolute Gasteiger partial charge is 0.481 e. The zero-order valence-corrected chi connectivity index (χ0v) is 11.8. The number of carbonyl (C=O) groups is 2. The van der Waals surface area contributed by atoms with Crippen molar-refractivity contribution in [3.05, 3.63) is 0 Å². The summed E-state index contributed by atoms with van der Waals surface area (Å²) in [4.78, 5) is 24.3. The van der Waals surface area contributed by atoms with Crippen molar-refractivity contribution in [2.75, 3.05) is 33.9 Å². The molecular weight excluding hydrogens is 251 g/mol. The number of nitrogens with one attached hydrogen (secondary N) is 1. The van der Waals surface area contributed by atoms with Crippen LogP contribution in [-0.2, 0) is 9.59 Å². The van der Waals surface area contributed by atoms with Gasteiger partial charge in [0.1, 0.15) is 0 Å². The molecular formula is C13H25FN2O3. The van der Waals surface area contributed by atoms with E-state index in [-0.39, 0.29) is 25.4 Å².